The number of nitrogens with two attached hydrogens (primary N) is 1. The lowest BCUT2D eigenvalue weighted by molar-refractivity contribution is -0.119. The number of rotatable bonds is 5. The lowest BCUT2D eigenvalue weighted by Crippen LogP contribution is -2.36. The molecular weight excluding hydrogens is 296 g/mol. The number of hydrogen-bond donors (Lipinski definition) is 2. The maximum atomic E-state index is 11.3. The van der Waals surface area contributed by atoms with E-state index >= 15 is 0 Å². The standard InChI is InChI=1S/C12H15BrN4O/c1-7(2)3-10(12(15)18)17-8-4-9(13)11(5-14)16-6-8/h4,6-7,10,17H,3H2,1-2H3,(H2,15,18). The highest BCUT2D eigenvalue weighted by Crippen LogP contribution is 2.20. The number of halogens is 1. The van der Waals surface area contributed by atoms with Crippen LogP contribution in [-0.2, 0) is 4.79 Å². The number of amides is 1. The van der Waals surface area contributed by atoms with Crippen molar-refractivity contribution in [3.8, 4) is 6.07 Å². The normalized spacial score (nSPS) is 11.9. The summed E-state index contributed by atoms with van der Waals surface area (Å²) in [6.07, 6.45) is 2.16. The molecule has 0 saturated carbocycles. The Labute approximate surface area is 115 Å². The highest BCUT2D eigenvalue weighted by molar-refractivity contribution is 9.10. The van der Waals surface area contributed by atoms with Crippen molar-refractivity contribution < 1.29 is 4.79 Å². The van der Waals surface area contributed by atoms with Crippen molar-refractivity contribution in [1.82, 2.24) is 4.98 Å². The van der Waals surface area contributed by atoms with Crippen LogP contribution in [0.3, 0.4) is 0 Å². The number of pyridine rings is 1. The van der Waals surface area contributed by atoms with Gasteiger partial charge in [-0.3, -0.25) is 4.79 Å². The fraction of sp³-hybridized carbons (Fsp3) is 0.417. The first kappa shape index (κ1) is 14.5. The second-order valence-electron chi connectivity index (χ2n) is 4.40. The Hall–Kier alpha value is -1.61. The van der Waals surface area contributed by atoms with E-state index < -0.39 is 11.9 Å². The van der Waals surface area contributed by atoms with E-state index in [9.17, 15) is 4.79 Å². The summed E-state index contributed by atoms with van der Waals surface area (Å²) in [4.78, 5) is 15.3. The molecule has 0 aliphatic rings. The molecule has 0 fully saturated rings. The monoisotopic (exact) mass is 310 g/mol. The van der Waals surface area contributed by atoms with Crippen LogP contribution in [0.2, 0.25) is 0 Å². The molecule has 1 atom stereocenters. The van der Waals surface area contributed by atoms with Gasteiger partial charge >= 0.3 is 0 Å². The molecule has 0 aliphatic carbocycles. The van der Waals surface area contributed by atoms with Gasteiger partial charge in [0.15, 0.2) is 5.69 Å². The number of nitriles is 1. The smallest absolute Gasteiger partial charge is 0.239 e. The van der Waals surface area contributed by atoms with Gasteiger partial charge in [0, 0.05) is 0 Å². The van der Waals surface area contributed by atoms with Gasteiger partial charge in [0.25, 0.3) is 0 Å². The van der Waals surface area contributed by atoms with Crippen LogP contribution in [0.25, 0.3) is 0 Å². The van der Waals surface area contributed by atoms with Gasteiger partial charge in [-0.2, -0.15) is 5.26 Å². The lowest BCUT2D eigenvalue weighted by atomic mass is 10.0. The number of carbonyl (C=O) groups excluding carboxylic acids is 1. The molecule has 96 valence electrons. The molecule has 1 unspecified atom stereocenters. The molecule has 0 spiro atoms. The largest absolute Gasteiger partial charge is 0.372 e. The first-order valence-corrected chi connectivity index (χ1v) is 6.34. The van der Waals surface area contributed by atoms with Gasteiger partial charge in [-0.15, -0.1) is 0 Å². The predicted octanol–water partition coefficient (Wildman–Crippen LogP) is 2.03. The summed E-state index contributed by atoms with van der Waals surface area (Å²) < 4.78 is 0.586. The molecule has 0 saturated heterocycles. The third-order valence-corrected chi connectivity index (χ3v) is 2.94. The SMILES string of the molecule is CC(C)CC(Nc1cnc(C#N)c(Br)c1)C(N)=O. The minimum Gasteiger partial charge on any atom is -0.372 e. The highest BCUT2D eigenvalue weighted by atomic mass is 79.9. The van der Waals surface area contributed by atoms with Gasteiger partial charge in [0.1, 0.15) is 12.1 Å². The van der Waals surface area contributed by atoms with E-state index in [-0.39, 0.29) is 0 Å². The first-order valence-electron chi connectivity index (χ1n) is 5.55. The summed E-state index contributed by atoms with van der Waals surface area (Å²) in [6.45, 7) is 4.04. The zero-order chi connectivity index (χ0) is 13.7. The molecule has 1 aromatic rings. The molecule has 0 aromatic carbocycles. The van der Waals surface area contributed by atoms with E-state index in [1.165, 1.54) is 6.20 Å². The number of hydrogen-bond acceptors (Lipinski definition) is 4. The Bertz CT molecular complexity index is 481. The lowest BCUT2D eigenvalue weighted by Gasteiger charge is -2.18. The molecule has 3 N–H and O–H groups in total. The van der Waals surface area contributed by atoms with Gasteiger partial charge in [-0.05, 0) is 34.3 Å². The Morgan fingerprint density at radius 2 is 2.33 bits per heavy atom. The minimum absolute atomic E-state index is 0.306. The van der Waals surface area contributed by atoms with Crippen LogP contribution in [-0.4, -0.2) is 16.9 Å². The Morgan fingerprint density at radius 1 is 1.67 bits per heavy atom. The molecule has 0 radical (unpaired) electrons. The van der Waals surface area contributed by atoms with Gasteiger partial charge in [-0.25, -0.2) is 4.98 Å². The quantitative estimate of drug-likeness (QED) is 0.870. The summed E-state index contributed by atoms with van der Waals surface area (Å²) in [7, 11) is 0. The number of nitrogens with zero attached hydrogens (tertiary/aromatic N) is 2. The summed E-state index contributed by atoms with van der Waals surface area (Å²) >= 11 is 3.24. The van der Waals surface area contributed by atoms with Crippen LogP contribution in [0, 0.1) is 17.2 Å². The topological polar surface area (TPSA) is 91.8 Å². The van der Waals surface area contributed by atoms with E-state index in [0.29, 0.717) is 28.2 Å². The number of primary amides is 1. The molecule has 1 heterocycles. The van der Waals surface area contributed by atoms with Crippen molar-refractivity contribution in [2.45, 2.75) is 26.3 Å². The van der Waals surface area contributed by atoms with Crippen LogP contribution < -0.4 is 11.1 Å². The Balaban J connectivity index is 2.85. The third kappa shape index (κ3) is 4.00. The second-order valence-corrected chi connectivity index (χ2v) is 5.25. The van der Waals surface area contributed by atoms with Crippen LogP contribution in [0.1, 0.15) is 26.0 Å². The number of nitrogens with one attached hydrogen (secondary N) is 1. The van der Waals surface area contributed by atoms with Gasteiger partial charge in [0.2, 0.25) is 5.91 Å². The fourth-order valence-corrected chi connectivity index (χ4v) is 1.96. The van der Waals surface area contributed by atoms with Crippen molar-refractivity contribution in [1.29, 1.82) is 5.26 Å². The zero-order valence-electron chi connectivity index (χ0n) is 10.3. The predicted molar refractivity (Wildman–Crippen MR) is 72.7 cm³/mol. The number of aromatic nitrogens is 1. The molecule has 18 heavy (non-hydrogen) atoms. The first-order chi connectivity index (χ1) is 8.43. The van der Waals surface area contributed by atoms with E-state index in [2.05, 4.69) is 26.2 Å². The average Bonchev–Trinajstić information content (AvgIpc) is 2.27. The van der Waals surface area contributed by atoms with Crippen LogP contribution >= 0.6 is 15.9 Å². The van der Waals surface area contributed by atoms with Crippen LogP contribution in [0.15, 0.2) is 16.7 Å². The zero-order valence-corrected chi connectivity index (χ0v) is 11.9. The molecule has 0 bridgehead atoms. The average molecular weight is 311 g/mol. The molecule has 1 rings (SSSR count). The molecule has 5 nitrogen and oxygen atoms in total. The third-order valence-electron chi connectivity index (χ3n) is 2.34. The minimum atomic E-state index is -0.438. The summed E-state index contributed by atoms with van der Waals surface area (Å²) in [5, 5.41) is 11.8. The highest BCUT2D eigenvalue weighted by Gasteiger charge is 2.17. The Kier molecular flexibility index (Phi) is 5.10. The van der Waals surface area contributed by atoms with E-state index in [1.54, 1.807) is 6.07 Å². The van der Waals surface area contributed by atoms with Crippen molar-refractivity contribution >= 4 is 27.5 Å². The summed E-state index contributed by atoms with van der Waals surface area (Å²) in [5.41, 5.74) is 6.30. The maximum absolute atomic E-state index is 11.3. The van der Waals surface area contributed by atoms with E-state index in [0.717, 1.165) is 0 Å². The van der Waals surface area contributed by atoms with Crippen molar-refractivity contribution in [3.63, 3.8) is 0 Å². The van der Waals surface area contributed by atoms with Crippen molar-refractivity contribution in [2.24, 2.45) is 11.7 Å². The van der Waals surface area contributed by atoms with E-state index in [1.807, 2.05) is 19.9 Å². The molecule has 1 aromatic heterocycles. The number of anilines is 1. The summed E-state index contributed by atoms with van der Waals surface area (Å²) in [5.74, 6) is -0.0473. The van der Waals surface area contributed by atoms with E-state index in [4.69, 9.17) is 11.0 Å². The number of carbonyl (C=O) groups is 1. The maximum Gasteiger partial charge on any atom is 0.239 e. The van der Waals surface area contributed by atoms with Gasteiger partial charge in [-0.1, -0.05) is 13.8 Å². The van der Waals surface area contributed by atoms with Crippen LogP contribution in [0.4, 0.5) is 5.69 Å². The fourth-order valence-electron chi connectivity index (χ4n) is 1.52. The molecule has 1 amide bonds. The second kappa shape index (κ2) is 6.36. The van der Waals surface area contributed by atoms with Gasteiger partial charge < -0.3 is 11.1 Å². The Morgan fingerprint density at radius 3 is 2.78 bits per heavy atom. The molecule has 0 aliphatic heterocycles. The van der Waals surface area contributed by atoms with Crippen molar-refractivity contribution in [2.75, 3.05) is 5.32 Å². The van der Waals surface area contributed by atoms with Crippen LogP contribution in [0.5, 0.6) is 0 Å². The molecule has 6 heteroatoms. The van der Waals surface area contributed by atoms with Crippen molar-refractivity contribution in [3.05, 3.63) is 22.4 Å². The van der Waals surface area contributed by atoms with Gasteiger partial charge in [0.05, 0.1) is 16.4 Å². The molecular formula is C12H15BrN4O. The summed E-state index contributed by atoms with van der Waals surface area (Å²) in [6, 6.07) is 3.23.